The van der Waals surface area contributed by atoms with Gasteiger partial charge in [0.25, 0.3) is 0 Å². The Morgan fingerprint density at radius 2 is 1.25 bits per heavy atom. The fourth-order valence-electron chi connectivity index (χ4n) is 1.51. The zero-order valence-corrected chi connectivity index (χ0v) is 8.51. The third-order valence-corrected chi connectivity index (χ3v) is 2.55. The molecule has 2 saturated heterocycles. The lowest BCUT2D eigenvalue weighted by molar-refractivity contribution is -0.136. The van der Waals surface area contributed by atoms with Crippen LogP contribution in [0, 0.1) is 0 Å². The topological polar surface area (TPSA) is 99.7 Å². The fourth-order valence-corrected chi connectivity index (χ4v) is 1.51. The molecule has 0 spiro atoms. The van der Waals surface area contributed by atoms with Crippen LogP contribution in [0.2, 0.25) is 0 Å². The summed E-state index contributed by atoms with van der Waals surface area (Å²) in [4.78, 5) is 22.0. The van der Waals surface area contributed by atoms with Crippen molar-refractivity contribution in [2.24, 2.45) is 0 Å². The Morgan fingerprint density at radius 3 is 1.44 bits per heavy atom. The molecule has 0 aromatic rings. The predicted molar refractivity (Wildman–Crippen MR) is 51.0 cm³/mol. The van der Waals surface area contributed by atoms with Crippen LogP contribution in [0.4, 0.5) is 0 Å². The first-order valence-electron chi connectivity index (χ1n) is 4.99. The van der Waals surface area contributed by atoms with Crippen LogP contribution in [0.3, 0.4) is 0 Å². The minimum absolute atomic E-state index is 0.0644. The fraction of sp³-hybridized carbons (Fsp3) is 0.600. The van der Waals surface area contributed by atoms with Gasteiger partial charge >= 0.3 is 11.9 Å². The van der Waals surface area contributed by atoms with Gasteiger partial charge in [-0.15, -0.1) is 0 Å². The molecule has 2 aliphatic heterocycles. The molecule has 0 bridgehead atoms. The molecule has 2 aliphatic rings. The molecule has 0 radical (unpaired) electrons. The first-order valence-corrected chi connectivity index (χ1v) is 4.99. The maximum Gasteiger partial charge on any atom is 0.332 e. The maximum atomic E-state index is 11.0. The highest BCUT2D eigenvalue weighted by Crippen LogP contribution is 2.27. The Balaban J connectivity index is 2.17. The quantitative estimate of drug-likeness (QED) is 0.491. The van der Waals surface area contributed by atoms with Gasteiger partial charge in [-0.25, -0.2) is 9.59 Å². The van der Waals surface area contributed by atoms with E-state index in [2.05, 4.69) is 0 Å². The number of aliphatic carboxylic acids is 2. The van der Waals surface area contributed by atoms with Crippen LogP contribution in [0.15, 0.2) is 11.1 Å². The second-order valence-electron chi connectivity index (χ2n) is 3.89. The summed E-state index contributed by atoms with van der Waals surface area (Å²) >= 11 is 0. The minimum atomic E-state index is -1.19. The molecule has 2 fully saturated rings. The van der Waals surface area contributed by atoms with Crippen molar-refractivity contribution in [2.75, 3.05) is 13.2 Å². The van der Waals surface area contributed by atoms with Gasteiger partial charge in [-0.3, -0.25) is 0 Å². The van der Waals surface area contributed by atoms with E-state index in [4.69, 9.17) is 19.7 Å². The summed E-state index contributed by atoms with van der Waals surface area (Å²) in [5.41, 5.74) is -0.129. The largest absolute Gasteiger partial charge is 0.478 e. The van der Waals surface area contributed by atoms with Crippen molar-refractivity contribution in [3.8, 4) is 0 Å². The molecular formula is C10H12O6. The van der Waals surface area contributed by atoms with E-state index >= 15 is 0 Å². The molecule has 88 valence electrons. The van der Waals surface area contributed by atoms with Crippen LogP contribution < -0.4 is 0 Å². The summed E-state index contributed by atoms with van der Waals surface area (Å²) in [6.45, 7) is 1.01. The highest BCUT2D eigenvalue weighted by molar-refractivity contribution is 5.98. The van der Waals surface area contributed by atoms with Crippen molar-refractivity contribution in [3.63, 3.8) is 0 Å². The van der Waals surface area contributed by atoms with Crippen LogP contribution in [-0.4, -0.2) is 47.6 Å². The molecule has 0 aromatic carbocycles. The van der Waals surface area contributed by atoms with Crippen molar-refractivity contribution < 1.29 is 29.3 Å². The summed E-state index contributed by atoms with van der Waals surface area (Å²) < 4.78 is 9.84. The summed E-state index contributed by atoms with van der Waals surface area (Å²) in [7, 11) is 0. The Labute approximate surface area is 91.5 Å². The number of ether oxygens (including phenoxy) is 2. The molecular weight excluding hydrogens is 216 g/mol. The third-order valence-electron chi connectivity index (χ3n) is 2.55. The molecule has 0 amide bonds. The lowest BCUT2D eigenvalue weighted by Crippen LogP contribution is -2.14. The summed E-state index contributed by atoms with van der Waals surface area (Å²) in [6, 6.07) is 0. The van der Waals surface area contributed by atoms with Crippen LogP contribution in [-0.2, 0) is 19.1 Å². The number of carbonyl (C=O) groups is 2. The zero-order valence-electron chi connectivity index (χ0n) is 8.51. The highest BCUT2D eigenvalue weighted by atomic mass is 16.6. The standard InChI is InChI=1S/C10H12O6/c11-9(12)7(1-5-3-15-5)8(10(13)14)2-6-4-16-6/h5-6H,1-4H2,(H,11,12)(H,13,14)/b8-7+. The summed E-state index contributed by atoms with van der Waals surface area (Å²) in [5, 5.41) is 18.0. The van der Waals surface area contributed by atoms with Gasteiger partial charge in [0.05, 0.1) is 36.6 Å². The molecule has 2 heterocycles. The van der Waals surface area contributed by atoms with Crippen molar-refractivity contribution in [1.29, 1.82) is 0 Å². The Morgan fingerprint density at radius 1 is 0.938 bits per heavy atom. The molecule has 16 heavy (non-hydrogen) atoms. The van der Waals surface area contributed by atoms with Crippen molar-refractivity contribution >= 4 is 11.9 Å². The van der Waals surface area contributed by atoms with Crippen LogP contribution in [0.25, 0.3) is 0 Å². The summed E-state index contributed by atoms with van der Waals surface area (Å²) in [6.07, 6.45) is 0.0362. The second-order valence-corrected chi connectivity index (χ2v) is 3.89. The van der Waals surface area contributed by atoms with E-state index in [1.54, 1.807) is 0 Å². The Hall–Kier alpha value is -1.40. The lowest BCUT2D eigenvalue weighted by Gasteiger charge is -2.06. The SMILES string of the molecule is O=C(O)/C(CC1CO1)=C(\CC1CO1)C(=O)O. The molecule has 2 N–H and O–H groups in total. The molecule has 0 aromatic heterocycles. The van der Waals surface area contributed by atoms with E-state index in [9.17, 15) is 9.59 Å². The summed E-state index contributed by atoms with van der Waals surface area (Å²) in [5.74, 6) is -2.37. The molecule has 2 rings (SSSR count). The zero-order chi connectivity index (χ0) is 11.7. The average molecular weight is 228 g/mol. The van der Waals surface area contributed by atoms with E-state index < -0.39 is 11.9 Å². The molecule has 0 aliphatic carbocycles. The first-order chi connectivity index (χ1) is 7.58. The van der Waals surface area contributed by atoms with Gasteiger partial charge in [0.1, 0.15) is 0 Å². The molecule has 6 heteroatoms. The van der Waals surface area contributed by atoms with E-state index in [1.807, 2.05) is 0 Å². The Kier molecular flexibility index (Phi) is 2.93. The number of carboxylic acid groups (broad SMARTS) is 2. The van der Waals surface area contributed by atoms with Crippen LogP contribution >= 0.6 is 0 Å². The average Bonchev–Trinajstić information content (AvgIpc) is 3.05. The minimum Gasteiger partial charge on any atom is -0.478 e. The van der Waals surface area contributed by atoms with E-state index in [0.717, 1.165) is 0 Å². The van der Waals surface area contributed by atoms with Gasteiger partial charge in [-0.05, 0) is 0 Å². The van der Waals surface area contributed by atoms with Gasteiger partial charge in [0.2, 0.25) is 0 Å². The number of epoxide rings is 2. The number of rotatable bonds is 6. The van der Waals surface area contributed by atoms with Crippen LogP contribution in [0.5, 0.6) is 0 Å². The monoisotopic (exact) mass is 228 g/mol. The first kappa shape index (κ1) is 11.1. The van der Waals surface area contributed by atoms with Crippen molar-refractivity contribution in [3.05, 3.63) is 11.1 Å². The van der Waals surface area contributed by atoms with Crippen LogP contribution in [0.1, 0.15) is 12.8 Å². The second kappa shape index (κ2) is 4.23. The molecule has 2 unspecified atom stereocenters. The van der Waals surface area contributed by atoms with E-state index in [-0.39, 0.29) is 36.2 Å². The highest BCUT2D eigenvalue weighted by Gasteiger charge is 2.33. The lowest BCUT2D eigenvalue weighted by atomic mass is 9.99. The third kappa shape index (κ3) is 2.80. The van der Waals surface area contributed by atoms with Gasteiger partial charge < -0.3 is 19.7 Å². The molecule has 2 atom stereocenters. The number of hydrogen-bond donors (Lipinski definition) is 2. The smallest absolute Gasteiger partial charge is 0.332 e. The number of hydrogen-bond acceptors (Lipinski definition) is 4. The van der Waals surface area contributed by atoms with Gasteiger partial charge in [-0.2, -0.15) is 0 Å². The molecule has 0 saturated carbocycles. The van der Waals surface area contributed by atoms with Gasteiger partial charge in [0, 0.05) is 12.8 Å². The van der Waals surface area contributed by atoms with Gasteiger partial charge in [-0.1, -0.05) is 0 Å². The van der Waals surface area contributed by atoms with Crippen molar-refractivity contribution in [1.82, 2.24) is 0 Å². The maximum absolute atomic E-state index is 11.0. The van der Waals surface area contributed by atoms with E-state index in [0.29, 0.717) is 13.2 Å². The normalized spacial score (nSPS) is 28.2. The molecule has 6 nitrogen and oxygen atoms in total. The van der Waals surface area contributed by atoms with E-state index in [1.165, 1.54) is 0 Å². The Bertz CT molecular complexity index is 316. The number of carboxylic acids is 2. The van der Waals surface area contributed by atoms with Crippen molar-refractivity contribution in [2.45, 2.75) is 25.0 Å². The van der Waals surface area contributed by atoms with Gasteiger partial charge in [0.15, 0.2) is 0 Å². The predicted octanol–water partition coefficient (Wildman–Crippen LogP) is 0.0300.